The summed E-state index contributed by atoms with van der Waals surface area (Å²) in [5.74, 6) is 3.33. The third kappa shape index (κ3) is 6.42. The number of fused-ring (bicyclic) bond motifs is 1. The highest BCUT2D eigenvalue weighted by molar-refractivity contribution is 5.90. The molecule has 0 amide bonds. The van der Waals surface area contributed by atoms with E-state index in [0.717, 1.165) is 60.6 Å². The van der Waals surface area contributed by atoms with Crippen molar-refractivity contribution in [3.63, 3.8) is 0 Å². The van der Waals surface area contributed by atoms with Gasteiger partial charge < -0.3 is 20.6 Å². The first-order chi connectivity index (χ1) is 18.1. The maximum Gasteiger partial charge on any atom is 0.225 e. The molecule has 6 nitrogen and oxygen atoms in total. The van der Waals surface area contributed by atoms with E-state index in [1.54, 1.807) is 0 Å². The zero-order valence-electron chi connectivity index (χ0n) is 22.4. The van der Waals surface area contributed by atoms with Crippen LogP contribution in [0.25, 0.3) is 10.9 Å². The third-order valence-corrected chi connectivity index (χ3v) is 8.54. The van der Waals surface area contributed by atoms with Gasteiger partial charge in [-0.2, -0.15) is 4.98 Å². The van der Waals surface area contributed by atoms with Crippen molar-refractivity contribution in [2.24, 2.45) is 17.8 Å². The molecule has 1 aromatic heterocycles. The molecule has 0 radical (unpaired) electrons. The van der Waals surface area contributed by atoms with Gasteiger partial charge in [0.05, 0.1) is 11.6 Å². The minimum Gasteiger partial charge on any atom is -0.388 e. The highest BCUT2D eigenvalue weighted by Gasteiger charge is 2.31. The second-order valence-electron chi connectivity index (χ2n) is 11.4. The Labute approximate surface area is 221 Å². The average molecular weight is 502 g/mol. The SMILES string of the molecule is CN(C)c1nc(NC2CCC(CNC[C@@H]3CCCC[C@H]3C(O)c3ccccc3)CC2)nc2ccccc12. The number of rotatable bonds is 9. The molecule has 5 rings (SSSR count). The van der Waals surface area contributed by atoms with E-state index in [2.05, 4.69) is 39.8 Å². The minimum absolute atomic E-state index is 0.347. The normalized spacial score (nSPS) is 25.1. The second-order valence-corrected chi connectivity index (χ2v) is 11.4. The van der Waals surface area contributed by atoms with Crippen LogP contribution in [-0.4, -0.2) is 48.3 Å². The van der Waals surface area contributed by atoms with Gasteiger partial charge in [0.15, 0.2) is 0 Å². The van der Waals surface area contributed by atoms with Crippen molar-refractivity contribution in [1.82, 2.24) is 15.3 Å². The first-order valence-corrected chi connectivity index (χ1v) is 14.2. The fourth-order valence-electron chi connectivity index (χ4n) is 6.43. The molecule has 2 fully saturated rings. The van der Waals surface area contributed by atoms with E-state index in [1.165, 1.54) is 32.1 Å². The Balaban J connectivity index is 1.10. The molecular weight excluding hydrogens is 458 g/mol. The molecule has 1 unspecified atom stereocenters. The van der Waals surface area contributed by atoms with Gasteiger partial charge in [-0.15, -0.1) is 0 Å². The molecule has 198 valence electrons. The van der Waals surface area contributed by atoms with E-state index >= 15 is 0 Å². The summed E-state index contributed by atoms with van der Waals surface area (Å²) in [5, 5.41) is 19.6. The quantitative estimate of drug-likeness (QED) is 0.344. The first kappa shape index (κ1) is 25.9. The fraction of sp³-hybridized carbons (Fsp3) is 0.548. The second kappa shape index (κ2) is 12.2. The maximum absolute atomic E-state index is 11.1. The molecule has 3 N–H and O–H groups in total. The van der Waals surface area contributed by atoms with Crippen LogP contribution in [0.15, 0.2) is 54.6 Å². The van der Waals surface area contributed by atoms with Gasteiger partial charge >= 0.3 is 0 Å². The van der Waals surface area contributed by atoms with Crippen molar-refractivity contribution in [3.05, 3.63) is 60.2 Å². The van der Waals surface area contributed by atoms with Crippen LogP contribution in [0.1, 0.15) is 63.0 Å². The Hall–Kier alpha value is -2.70. The number of aliphatic hydroxyl groups is 1. The van der Waals surface area contributed by atoms with Crippen LogP contribution >= 0.6 is 0 Å². The van der Waals surface area contributed by atoms with Gasteiger partial charge in [-0.3, -0.25) is 0 Å². The predicted octanol–water partition coefficient (Wildman–Crippen LogP) is 5.80. The van der Waals surface area contributed by atoms with E-state index in [4.69, 9.17) is 9.97 Å². The van der Waals surface area contributed by atoms with E-state index in [9.17, 15) is 5.11 Å². The molecule has 2 aliphatic carbocycles. The van der Waals surface area contributed by atoms with Crippen molar-refractivity contribution < 1.29 is 5.11 Å². The van der Waals surface area contributed by atoms with Gasteiger partial charge in [-0.25, -0.2) is 4.98 Å². The summed E-state index contributed by atoms with van der Waals surface area (Å²) in [7, 11) is 4.07. The molecule has 0 saturated heterocycles. The third-order valence-electron chi connectivity index (χ3n) is 8.54. The number of hydrogen-bond acceptors (Lipinski definition) is 6. The van der Waals surface area contributed by atoms with Crippen molar-refractivity contribution in [2.75, 3.05) is 37.4 Å². The average Bonchev–Trinajstić information content (AvgIpc) is 2.94. The van der Waals surface area contributed by atoms with Crippen LogP contribution in [0.2, 0.25) is 0 Å². The van der Waals surface area contributed by atoms with Gasteiger partial charge in [0.25, 0.3) is 0 Å². The Morgan fingerprint density at radius 2 is 1.59 bits per heavy atom. The Morgan fingerprint density at radius 3 is 2.38 bits per heavy atom. The number of aliphatic hydroxyl groups excluding tert-OH is 1. The monoisotopic (exact) mass is 501 g/mol. The van der Waals surface area contributed by atoms with E-state index < -0.39 is 0 Å². The lowest BCUT2D eigenvalue weighted by Crippen LogP contribution is -2.37. The van der Waals surface area contributed by atoms with Gasteiger partial charge in [0, 0.05) is 25.5 Å². The Morgan fingerprint density at radius 1 is 0.865 bits per heavy atom. The zero-order valence-corrected chi connectivity index (χ0v) is 22.4. The molecule has 0 aliphatic heterocycles. The molecule has 3 atom stereocenters. The van der Waals surface area contributed by atoms with Crippen molar-refractivity contribution >= 4 is 22.7 Å². The Bertz CT molecular complexity index is 1130. The van der Waals surface area contributed by atoms with Crippen LogP contribution < -0.4 is 15.5 Å². The van der Waals surface area contributed by atoms with Gasteiger partial charge in [-0.1, -0.05) is 55.3 Å². The molecule has 0 bridgehead atoms. The van der Waals surface area contributed by atoms with E-state index in [0.29, 0.717) is 23.8 Å². The van der Waals surface area contributed by atoms with Gasteiger partial charge in [0.1, 0.15) is 5.82 Å². The highest BCUT2D eigenvalue weighted by Crippen LogP contribution is 2.38. The summed E-state index contributed by atoms with van der Waals surface area (Å²) in [5.41, 5.74) is 2.05. The van der Waals surface area contributed by atoms with Crippen molar-refractivity contribution in [2.45, 2.75) is 63.5 Å². The number of aromatic nitrogens is 2. The molecular formula is C31H43N5O. The Kier molecular flexibility index (Phi) is 8.57. The summed E-state index contributed by atoms with van der Waals surface area (Å²) >= 11 is 0. The molecule has 2 aromatic carbocycles. The van der Waals surface area contributed by atoms with E-state index in [1.807, 2.05) is 44.4 Å². The summed E-state index contributed by atoms with van der Waals surface area (Å²) in [6.07, 6.45) is 9.27. The zero-order chi connectivity index (χ0) is 25.6. The summed E-state index contributed by atoms with van der Waals surface area (Å²) < 4.78 is 0. The maximum atomic E-state index is 11.1. The summed E-state index contributed by atoms with van der Waals surface area (Å²) in [6, 6.07) is 18.9. The lowest BCUT2D eigenvalue weighted by Gasteiger charge is -2.36. The number of nitrogens with one attached hydrogen (secondary N) is 2. The topological polar surface area (TPSA) is 73.3 Å². The van der Waals surface area contributed by atoms with Crippen LogP contribution in [0.3, 0.4) is 0 Å². The molecule has 2 aliphatic rings. The minimum atomic E-state index is -0.347. The first-order valence-electron chi connectivity index (χ1n) is 14.2. The fourth-order valence-corrected chi connectivity index (χ4v) is 6.43. The van der Waals surface area contributed by atoms with Crippen molar-refractivity contribution in [1.29, 1.82) is 0 Å². The molecule has 37 heavy (non-hydrogen) atoms. The number of benzene rings is 2. The van der Waals surface area contributed by atoms with Gasteiger partial charge in [0.2, 0.25) is 5.95 Å². The van der Waals surface area contributed by atoms with Crippen LogP contribution in [-0.2, 0) is 0 Å². The summed E-state index contributed by atoms with van der Waals surface area (Å²) in [4.78, 5) is 11.7. The van der Waals surface area contributed by atoms with Crippen LogP contribution in [0, 0.1) is 17.8 Å². The smallest absolute Gasteiger partial charge is 0.225 e. The molecule has 2 saturated carbocycles. The summed E-state index contributed by atoms with van der Waals surface area (Å²) in [6.45, 7) is 2.10. The molecule has 0 spiro atoms. The predicted molar refractivity (Wildman–Crippen MR) is 153 cm³/mol. The molecule has 6 heteroatoms. The highest BCUT2D eigenvalue weighted by atomic mass is 16.3. The lowest BCUT2D eigenvalue weighted by molar-refractivity contribution is 0.0460. The van der Waals surface area contributed by atoms with Crippen molar-refractivity contribution in [3.8, 4) is 0 Å². The lowest BCUT2D eigenvalue weighted by atomic mass is 9.74. The number of nitrogens with zero attached hydrogens (tertiary/aromatic N) is 3. The standard InChI is InChI=1S/C31H43N5O/c1-36(2)30-27-14-8-9-15-28(27)34-31(35-30)33-25-18-16-22(17-19-25)20-32-21-24-12-6-7-13-26(24)29(37)23-10-4-3-5-11-23/h3-5,8-11,14-15,22,24-26,29,32,37H,6-7,12-13,16-21H2,1-2H3,(H,33,34,35)/t22?,24-,25?,26+,29?/m0/s1. The molecule has 3 aromatic rings. The van der Waals surface area contributed by atoms with Crippen LogP contribution in [0.5, 0.6) is 0 Å². The molecule has 1 heterocycles. The largest absolute Gasteiger partial charge is 0.388 e. The van der Waals surface area contributed by atoms with Gasteiger partial charge in [-0.05, 0) is 87.1 Å². The number of hydrogen-bond donors (Lipinski definition) is 3. The van der Waals surface area contributed by atoms with E-state index in [-0.39, 0.29) is 6.10 Å². The van der Waals surface area contributed by atoms with Crippen LogP contribution in [0.4, 0.5) is 11.8 Å². The number of anilines is 2. The number of para-hydroxylation sites is 1.